The molecular formula is C18H27N5O2S2. The first-order valence-corrected chi connectivity index (χ1v) is 10.9. The Morgan fingerprint density at radius 2 is 2.19 bits per heavy atom. The van der Waals surface area contributed by atoms with Crippen LogP contribution in [0.4, 0.5) is 10.3 Å². The van der Waals surface area contributed by atoms with E-state index in [0.717, 1.165) is 50.2 Å². The molecule has 0 aliphatic carbocycles. The van der Waals surface area contributed by atoms with E-state index in [1.165, 1.54) is 16.2 Å². The number of likely N-dealkylation sites (N-methyl/N-ethyl adjacent to an activating group) is 1. The molecule has 1 N–H and O–H groups in total. The first-order valence-electron chi connectivity index (χ1n) is 9.22. The summed E-state index contributed by atoms with van der Waals surface area (Å²) in [6.07, 6.45) is 2.10. The van der Waals surface area contributed by atoms with Crippen LogP contribution in [-0.2, 0) is 16.0 Å². The number of rotatable bonds is 8. The molecule has 0 unspecified atom stereocenters. The standard InChI is InChI=1S/C18H27N5O2S2/c1-13(2)15-11-19-17(27-15)21-16(24)10-14-12-26-18(20-14)22(3)4-5-23-6-8-25-9-7-23/h11-13H,4-10H2,1-3H3,(H,19,21,24). The number of hydrogen-bond donors (Lipinski definition) is 1. The number of morpholine rings is 1. The SMILES string of the molecule is CC(C)c1cnc(NC(=O)Cc2csc(N(C)CCN3CCOCC3)n2)s1. The van der Waals surface area contributed by atoms with E-state index in [1.807, 2.05) is 18.6 Å². The van der Waals surface area contributed by atoms with Gasteiger partial charge in [-0.25, -0.2) is 9.97 Å². The summed E-state index contributed by atoms with van der Waals surface area (Å²) < 4.78 is 5.38. The Morgan fingerprint density at radius 1 is 1.41 bits per heavy atom. The topological polar surface area (TPSA) is 70.6 Å². The molecule has 0 spiro atoms. The Labute approximate surface area is 168 Å². The molecule has 27 heavy (non-hydrogen) atoms. The van der Waals surface area contributed by atoms with Crippen molar-refractivity contribution in [1.29, 1.82) is 0 Å². The molecule has 0 bridgehead atoms. The highest BCUT2D eigenvalue weighted by atomic mass is 32.1. The molecule has 9 heteroatoms. The van der Waals surface area contributed by atoms with Crippen molar-refractivity contribution < 1.29 is 9.53 Å². The molecule has 1 aliphatic heterocycles. The van der Waals surface area contributed by atoms with Crippen molar-refractivity contribution in [1.82, 2.24) is 14.9 Å². The third kappa shape index (κ3) is 5.97. The minimum Gasteiger partial charge on any atom is -0.379 e. The van der Waals surface area contributed by atoms with Gasteiger partial charge in [-0.2, -0.15) is 0 Å². The van der Waals surface area contributed by atoms with Crippen molar-refractivity contribution in [3.63, 3.8) is 0 Å². The first kappa shape index (κ1) is 20.2. The fourth-order valence-electron chi connectivity index (χ4n) is 2.70. The Morgan fingerprint density at radius 3 is 2.89 bits per heavy atom. The normalized spacial score (nSPS) is 15.3. The summed E-state index contributed by atoms with van der Waals surface area (Å²) in [6.45, 7) is 9.76. The van der Waals surface area contributed by atoms with Crippen molar-refractivity contribution >= 4 is 38.8 Å². The third-order valence-electron chi connectivity index (χ3n) is 4.40. The summed E-state index contributed by atoms with van der Waals surface area (Å²) in [5.74, 6) is 0.342. The van der Waals surface area contributed by atoms with Gasteiger partial charge in [-0.15, -0.1) is 22.7 Å². The maximum Gasteiger partial charge on any atom is 0.232 e. The van der Waals surface area contributed by atoms with Crippen LogP contribution in [0.2, 0.25) is 0 Å². The molecule has 7 nitrogen and oxygen atoms in total. The molecule has 1 aliphatic rings. The molecule has 1 amide bonds. The summed E-state index contributed by atoms with van der Waals surface area (Å²) in [6, 6.07) is 0. The summed E-state index contributed by atoms with van der Waals surface area (Å²) in [4.78, 5) is 26.9. The van der Waals surface area contributed by atoms with Crippen molar-refractivity contribution in [2.45, 2.75) is 26.2 Å². The zero-order chi connectivity index (χ0) is 19.2. The van der Waals surface area contributed by atoms with E-state index >= 15 is 0 Å². The number of nitrogens with one attached hydrogen (secondary N) is 1. The lowest BCUT2D eigenvalue weighted by atomic mass is 10.2. The van der Waals surface area contributed by atoms with E-state index < -0.39 is 0 Å². The van der Waals surface area contributed by atoms with Crippen molar-refractivity contribution in [2.75, 3.05) is 56.7 Å². The Kier molecular flexibility index (Phi) is 7.17. The van der Waals surface area contributed by atoms with Crippen LogP contribution in [0, 0.1) is 0 Å². The molecule has 0 radical (unpaired) electrons. The third-order valence-corrected chi connectivity index (χ3v) is 6.62. The lowest BCUT2D eigenvalue weighted by Gasteiger charge is -2.28. The van der Waals surface area contributed by atoms with Gasteiger partial charge < -0.3 is 15.0 Å². The molecule has 0 saturated carbocycles. The van der Waals surface area contributed by atoms with Crippen LogP contribution >= 0.6 is 22.7 Å². The number of anilines is 2. The second-order valence-corrected chi connectivity index (χ2v) is 8.84. The predicted molar refractivity (Wildman–Crippen MR) is 111 cm³/mol. The smallest absolute Gasteiger partial charge is 0.232 e. The van der Waals surface area contributed by atoms with Gasteiger partial charge in [0.1, 0.15) is 0 Å². The highest BCUT2D eigenvalue weighted by molar-refractivity contribution is 7.15. The molecule has 2 aromatic heterocycles. The number of amides is 1. The number of thiazole rings is 2. The second-order valence-electron chi connectivity index (χ2n) is 6.94. The molecule has 148 valence electrons. The van der Waals surface area contributed by atoms with Gasteiger partial charge in [0.15, 0.2) is 10.3 Å². The second kappa shape index (κ2) is 9.59. The molecule has 1 fully saturated rings. The molecule has 2 aromatic rings. The number of nitrogens with zero attached hydrogens (tertiary/aromatic N) is 4. The number of ether oxygens (including phenoxy) is 1. The molecule has 0 aromatic carbocycles. The van der Waals surface area contributed by atoms with Gasteiger partial charge in [-0.1, -0.05) is 13.8 Å². The average Bonchev–Trinajstić information content (AvgIpc) is 3.30. The molecule has 1 saturated heterocycles. The van der Waals surface area contributed by atoms with Crippen LogP contribution in [0.25, 0.3) is 0 Å². The van der Waals surface area contributed by atoms with Gasteiger partial charge in [-0.3, -0.25) is 9.69 Å². The van der Waals surface area contributed by atoms with Gasteiger partial charge in [0.05, 0.1) is 25.3 Å². The van der Waals surface area contributed by atoms with Gasteiger partial charge in [0.25, 0.3) is 0 Å². The van der Waals surface area contributed by atoms with E-state index in [1.54, 1.807) is 11.3 Å². The van der Waals surface area contributed by atoms with E-state index in [-0.39, 0.29) is 12.3 Å². The monoisotopic (exact) mass is 409 g/mol. The lowest BCUT2D eigenvalue weighted by molar-refractivity contribution is -0.115. The van der Waals surface area contributed by atoms with Crippen molar-refractivity contribution in [2.24, 2.45) is 0 Å². The van der Waals surface area contributed by atoms with Crippen LogP contribution in [0.5, 0.6) is 0 Å². The van der Waals surface area contributed by atoms with Crippen molar-refractivity contribution in [3.8, 4) is 0 Å². The fraction of sp³-hybridized carbons (Fsp3) is 0.611. The summed E-state index contributed by atoms with van der Waals surface area (Å²) >= 11 is 3.11. The number of carbonyl (C=O) groups is 1. The summed E-state index contributed by atoms with van der Waals surface area (Å²) in [5.41, 5.74) is 0.798. The molecule has 3 heterocycles. The molecule has 0 atom stereocenters. The highest BCUT2D eigenvalue weighted by Crippen LogP contribution is 2.25. The Bertz CT molecular complexity index is 740. The van der Waals surface area contributed by atoms with Gasteiger partial charge in [0.2, 0.25) is 5.91 Å². The summed E-state index contributed by atoms with van der Waals surface area (Å²) in [5, 5.41) is 6.43. The van der Waals surface area contributed by atoms with Crippen LogP contribution in [0.15, 0.2) is 11.6 Å². The summed E-state index contributed by atoms with van der Waals surface area (Å²) in [7, 11) is 2.05. The van der Waals surface area contributed by atoms with E-state index in [9.17, 15) is 4.79 Å². The van der Waals surface area contributed by atoms with E-state index in [2.05, 4.69) is 38.9 Å². The number of carbonyl (C=O) groups excluding carboxylic acids is 1. The average molecular weight is 410 g/mol. The fourth-order valence-corrected chi connectivity index (χ4v) is 4.36. The predicted octanol–water partition coefficient (Wildman–Crippen LogP) is 2.67. The minimum absolute atomic E-state index is 0.0764. The maximum atomic E-state index is 12.3. The zero-order valence-corrected chi connectivity index (χ0v) is 17.7. The van der Waals surface area contributed by atoms with Crippen LogP contribution < -0.4 is 10.2 Å². The Balaban J connectivity index is 1.46. The maximum absolute atomic E-state index is 12.3. The van der Waals surface area contributed by atoms with E-state index in [4.69, 9.17) is 4.74 Å². The molecular weight excluding hydrogens is 382 g/mol. The first-order chi connectivity index (χ1) is 13.0. The van der Waals surface area contributed by atoms with Gasteiger partial charge in [0, 0.05) is 49.7 Å². The molecule has 3 rings (SSSR count). The van der Waals surface area contributed by atoms with Gasteiger partial charge >= 0.3 is 0 Å². The van der Waals surface area contributed by atoms with Crippen molar-refractivity contribution in [3.05, 3.63) is 22.1 Å². The lowest BCUT2D eigenvalue weighted by Crippen LogP contribution is -2.40. The Hall–Kier alpha value is -1.55. The number of aromatic nitrogens is 2. The van der Waals surface area contributed by atoms with Gasteiger partial charge in [-0.05, 0) is 5.92 Å². The van der Waals surface area contributed by atoms with Crippen LogP contribution in [-0.4, -0.2) is 67.2 Å². The minimum atomic E-state index is -0.0764. The zero-order valence-electron chi connectivity index (χ0n) is 16.1. The van der Waals surface area contributed by atoms with E-state index in [0.29, 0.717) is 11.0 Å². The largest absolute Gasteiger partial charge is 0.379 e. The van der Waals surface area contributed by atoms with Crippen LogP contribution in [0.3, 0.4) is 0 Å². The quantitative estimate of drug-likeness (QED) is 0.723. The number of hydrogen-bond acceptors (Lipinski definition) is 8. The van der Waals surface area contributed by atoms with Crippen LogP contribution in [0.1, 0.15) is 30.3 Å². The highest BCUT2D eigenvalue weighted by Gasteiger charge is 2.15.